The first-order valence-corrected chi connectivity index (χ1v) is 8.18. The monoisotopic (exact) mass is 364 g/mol. The Bertz CT molecular complexity index is 884. The Kier molecular flexibility index (Phi) is 6.10. The van der Waals surface area contributed by atoms with Gasteiger partial charge in [0.1, 0.15) is 6.04 Å². The molecule has 26 heavy (non-hydrogen) atoms. The summed E-state index contributed by atoms with van der Waals surface area (Å²) in [4.78, 5) is 45.6. The van der Waals surface area contributed by atoms with E-state index >= 15 is 0 Å². The Morgan fingerprint density at radius 3 is 2.77 bits per heavy atom. The number of nitro groups is 1. The van der Waals surface area contributed by atoms with Crippen LogP contribution in [0.15, 0.2) is 27.4 Å². The summed E-state index contributed by atoms with van der Waals surface area (Å²) in [5, 5.41) is 16.0. The molecule has 0 aliphatic carbocycles. The van der Waals surface area contributed by atoms with Gasteiger partial charge in [-0.25, -0.2) is 4.79 Å². The van der Waals surface area contributed by atoms with Crippen LogP contribution >= 0.6 is 0 Å². The minimum Gasteiger partial charge on any atom is -0.407 e. The summed E-state index contributed by atoms with van der Waals surface area (Å²) in [5.74, 6) is -1.21. The van der Waals surface area contributed by atoms with E-state index in [0.717, 1.165) is 0 Å². The van der Waals surface area contributed by atoms with Crippen molar-refractivity contribution in [1.29, 1.82) is 0 Å². The predicted octanol–water partition coefficient (Wildman–Crippen LogP) is 0.924. The third-order valence-corrected chi connectivity index (χ3v) is 3.77. The molecule has 0 bridgehead atoms. The second-order valence-corrected chi connectivity index (χ2v) is 5.72. The SMILES string of the molecule is CCNC(=O)[C@@H](C)NC(=O)CCCn1c(=O)oc2cc([N+](=O)[O-])ccc21. The Morgan fingerprint density at radius 1 is 1.38 bits per heavy atom. The highest BCUT2D eigenvalue weighted by Crippen LogP contribution is 2.20. The summed E-state index contributed by atoms with van der Waals surface area (Å²) in [6.07, 6.45) is 0.468. The number of carbonyl (C=O) groups excluding carboxylic acids is 2. The van der Waals surface area contributed by atoms with E-state index in [1.165, 1.54) is 22.8 Å². The molecule has 0 saturated carbocycles. The molecule has 2 amide bonds. The highest BCUT2D eigenvalue weighted by atomic mass is 16.6. The van der Waals surface area contributed by atoms with Crippen LogP contribution in [0.2, 0.25) is 0 Å². The van der Waals surface area contributed by atoms with Crippen LogP contribution < -0.4 is 16.4 Å². The number of nitrogens with one attached hydrogen (secondary N) is 2. The molecule has 1 aromatic carbocycles. The van der Waals surface area contributed by atoms with Crippen molar-refractivity contribution in [3.8, 4) is 0 Å². The molecule has 2 rings (SSSR count). The van der Waals surface area contributed by atoms with Crippen molar-refractivity contribution in [1.82, 2.24) is 15.2 Å². The maximum absolute atomic E-state index is 11.9. The Morgan fingerprint density at radius 2 is 2.12 bits per heavy atom. The van der Waals surface area contributed by atoms with Gasteiger partial charge in [-0.1, -0.05) is 0 Å². The summed E-state index contributed by atoms with van der Waals surface area (Å²) < 4.78 is 6.34. The Balaban J connectivity index is 1.96. The summed E-state index contributed by atoms with van der Waals surface area (Å²) in [5.41, 5.74) is 0.382. The van der Waals surface area contributed by atoms with Gasteiger partial charge in [0.2, 0.25) is 11.8 Å². The molecule has 0 fully saturated rings. The van der Waals surface area contributed by atoms with E-state index in [1.807, 2.05) is 0 Å². The van der Waals surface area contributed by atoms with E-state index in [2.05, 4.69) is 10.6 Å². The Labute approximate surface area is 148 Å². The fourth-order valence-electron chi connectivity index (χ4n) is 2.48. The number of hydrogen-bond donors (Lipinski definition) is 2. The van der Waals surface area contributed by atoms with Gasteiger partial charge in [-0.2, -0.15) is 0 Å². The van der Waals surface area contributed by atoms with Crippen LogP contribution in [-0.2, 0) is 16.1 Å². The zero-order chi connectivity index (χ0) is 19.3. The third-order valence-electron chi connectivity index (χ3n) is 3.77. The number of rotatable bonds is 8. The molecule has 1 aromatic heterocycles. The van der Waals surface area contributed by atoms with Gasteiger partial charge in [0.25, 0.3) is 5.69 Å². The van der Waals surface area contributed by atoms with Crippen LogP contribution in [0.1, 0.15) is 26.7 Å². The quantitative estimate of drug-likeness (QED) is 0.528. The standard InChI is InChI=1S/C16H20N4O6/c1-3-17-15(22)10(2)18-14(21)5-4-8-19-12-7-6-11(20(24)25)9-13(12)26-16(19)23/h6-7,9-10H,3-5,8H2,1-2H3,(H,17,22)(H,18,21)/t10-/m1/s1. The average Bonchev–Trinajstić information content (AvgIpc) is 2.89. The molecule has 140 valence electrons. The highest BCUT2D eigenvalue weighted by Gasteiger charge is 2.16. The molecule has 10 nitrogen and oxygen atoms in total. The number of amides is 2. The fourth-order valence-corrected chi connectivity index (χ4v) is 2.48. The van der Waals surface area contributed by atoms with E-state index in [9.17, 15) is 24.5 Å². The van der Waals surface area contributed by atoms with Gasteiger partial charge in [-0.05, 0) is 26.3 Å². The van der Waals surface area contributed by atoms with Gasteiger partial charge in [-0.15, -0.1) is 0 Å². The van der Waals surface area contributed by atoms with Crippen LogP contribution in [0, 0.1) is 10.1 Å². The summed E-state index contributed by atoms with van der Waals surface area (Å²) in [7, 11) is 0. The molecular weight excluding hydrogens is 344 g/mol. The molecule has 2 N–H and O–H groups in total. The number of nitrogens with zero attached hydrogens (tertiary/aromatic N) is 2. The number of aromatic nitrogens is 1. The molecule has 0 unspecified atom stereocenters. The lowest BCUT2D eigenvalue weighted by Gasteiger charge is -2.13. The minimum absolute atomic E-state index is 0.121. The molecule has 2 aromatic rings. The second kappa shape index (κ2) is 8.28. The first-order chi connectivity index (χ1) is 12.3. The normalized spacial score (nSPS) is 11.9. The van der Waals surface area contributed by atoms with Crippen LogP contribution in [0.25, 0.3) is 11.1 Å². The number of likely N-dealkylation sites (N-methyl/N-ethyl adjacent to an activating group) is 1. The smallest absolute Gasteiger partial charge is 0.407 e. The number of carbonyl (C=O) groups is 2. The molecule has 0 spiro atoms. The van der Waals surface area contributed by atoms with E-state index in [-0.39, 0.29) is 36.1 Å². The zero-order valence-corrected chi connectivity index (χ0v) is 14.5. The molecule has 0 aliphatic rings. The largest absolute Gasteiger partial charge is 0.419 e. The molecule has 0 aliphatic heterocycles. The lowest BCUT2D eigenvalue weighted by atomic mass is 10.2. The maximum atomic E-state index is 11.9. The number of benzene rings is 1. The lowest BCUT2D eigenvalue weighted by molar-refractivity contribution is -0.384. The van der Waals surface area contributed by atoms with Crippen molar-refractivity contribution in [3.63, 3.8) is 0 Å². The maximum Gasteiger partial charge on any atom is 0.419 e. The lowest BCUT2D eigenvalue weighted by Crippen LogP contribution is -2.44. The van der Waals surface area contributed by atoms with Crippen molar-refractivity contribution < 1.29 is 18.9 Å². The van der Waals surface area contributed by atoms with Crippen molar-refractivity contribution >= 4 is 28.6 Å². The van der Waals surface area contributed by atoms with Gasteiger partial charge >= 0.3 is 5.76 Å². The number of oxazole rings is 1. The zero-order valence-electron chi connectivity index (χ0n) is 14.5. The van der Waals surface area contributed by atoms with Crippen molar-refractivity contribution in [3.05, 3.63) is 38.9 Å². The van der Waals surface area contributed by atoms with Crippen LogP contribution in [0.3, 0.4) is 0 Å². The molecule has 0 radical (unpaired) electrons. The molecule has 1 heterocycles. The van der Waals surface area contributed by atoms with Crippen LogP contribution in [-0.4, -0.2) is 33.9 Å². The van der Waals surface area contributed by atoms with Gasteiger partial charge in [-0.3, -0.25) is 24.3 Å². The number of fused-ring (bicyclic) bond motifs is 1. The first kappa shape index (κ1) is 19.2. The van der Waals surface area contributed by atoms with Crippen LogP contribution in [0.4, 0.5) is 5.69 Å². The second-order valence-electron chi connectivity index (χ2n) is 5.72. The van der Waals surface area contributed by atoms with Gasteiger partial charge < -0.3 is 15.1 Å². The van der Waals surface area contributed by atoms with Crippen molar-refractivity contribution in [2.24, 2.45) is 0 Å². The number of nitro benzene ring substituents is 1. The van der Waals surface area contributed by atoms with E-state index in [4.69, 9.17) is 4.42 Å². The van der Waals surface area contributed by atoms with Gasteiger partial charge in [0.15, 0.2) is 5.58 Å². The molecule has 1 atom stereocenters. The van der Waals surface area contributed by atoms with E-state index in [0.29, 0.717) is 18.5 Å². The predicted molar refractivity (Wildman–Crippen MR) is 92.7 cm³/mol. The molecule has 10 heteroatoms. The summed E-state index contributed by atoms with van der Waals surface area (Å²) >= 11 is 0. The van der Waals surface area contributed by atoms with Crippen LogP contribution in [0.5, 0.6) is 0 Å². The van der Waals surface area contributed by atoms with Gasteiger partial charge in [0, 0.05) is 25.6 Å². The summed E-state index contributed by atoms with van der Waals surface area (Å²) in [6, 6.07) is 3.28. The number of non-ortho nitro benzene ring substituents is 1. The number of aryl methyl sites for hydroxylation is 1. The summed E-state index contributed by atoms with van der Waals surface area (Å²) in [6.45, 7) is 4.07. The number of hydrogen-bond acceptors (Lipinski definition) is 6. The Hall–Kier alpha value is -3.17. The average molecular weight is 364 g/mol. The highest BCUT2D eigenvalue weighted by molar-refractivity contribution is 5.87. The van der Waals surface area contributed by atoms with Crippen molar-refractivity contribution in [2.45, 2.75) is 39.3 Å². The topological polar surface area (TPSA) is 136 Å². The molecular formula is C16H20N4O6. The molecule has 0 saturated heterocycles. The van der Waals surface area contributed by atoms with E-state index < -0.39 is 16.7 Å². The van der Waals surface area contributed by atoms with E-state index in [1.54, 1.807) is 13.8 Å². The first-order valence-electron chi connectivity index (χ1n) is 8.18. The fraction of sp³-hybridized carbons (Fsp3) is 0.438. The minimum atomic E-state index is -0.642. The van der Waals surface area contributed by atoms with Crippen molar-refractivity contribution in [2.75, 3.05) is 6.54 Å². The third kappa shape index (κ3) is 4.47. The van der Waals surface area contributed by atoms with Gasteiger partial charge in [0.05, 0.1) is 16.5 Å².